The number of anilines is 2. The summed E-state index contributed by atoms with van der Waals surface area (Å²) >= 11 is 0. The number of carbonyl (C=O) groups excluding carboxylic acids is 2. The number of ether oxygens (including phenoxy) is 1. The zero-order valence-corrected chi connectivity index (χ0v) is 21.5. The van der Waals surface area contributed by atoms with Crippen molar-refractivity contribution >= 4 is 49.4 Å². The van der Waals surface area contributed by atoms with E-state index < -0.39 is 32.2 Å². The molecule has 13 nitrogen and oxygen atoms in total. The first-order valence-corrected chi connectivity index (χ1v) is 13.7. The van der Waals surface area contributed by atoms with Crippen LogP contribution in [-0.2, 0) is 31.3 Å². The predicted octanol–water partition coefficient (Wildman–Crippen LogP) is 1.93. The molecule has 7 N–H and O–H groups in total. The van der Waals surface area contributed by atoms with Crippen LogP contribution in [0.4, 0.5) is 21.0 Å². The van der Waals surface area contributed by atoms with Crippen molar-refractivity contribution in [2.45, 2.75) is 16.3 Å². The lowest BCUT2D eigenvalue weighted by molar-refractivity contribution is 0.182. The Labute approximate surface area is 219 Å². The zero-order chi connectivity index (χ0) is 27.9. The van der Waals surface area contributed by atoms with Gasteiger partial charge < -0.3 is 21.1 Å². The molecule has 0 atom stereocenters. The minimum absolute atomic E-state index is 0.0438. The maximum Gasteiger partial charge on any atom is 0.435 e. The highest BCUT2D eigenvalue weighted by Crippen LogP contribution is 2.16. The largest absolute Gasteiger partial charge is 0.451 e. The van der Waals surface area contributed by atoms with Gasteiger partial charge in [-0.3, -0.25) is 0 Å². The van der Waals surface area contributed by atoms with Crippen LogP contribution < -0.4 is 26.2 Å². The first-order chi connectivity index (χ1) is 17.9. The summed E-state index contributed by atoms with van der Waals surface area (Å²) in [6.45, 7) is -0.0798. The molecule has 0 fully saturated rings. The van der Waals surface area contributed by atoms with Gasteiger partial charge in [-0.15, -0.1) is 0 Å². The Morgan fingerprint density at radius 3 is 2.08 bits per heavy atom. The van der Waals surface area contributed by atoms with E-state index in [1.54, 1.807) is 18.2 Å². The molecular formula is C23H24N6O7S2. The summed E-state index contributed by atoms with van der Waals surface area (Å²) < 4.78 is 54.7. The number of methoxy groups -OCH3 is 1. The number of amides is 3. The average molecular weight is 561 g/mol. The Bertz CT molecular complexity index is 1570. The van der Waals surface area contributed by atoms with Gasteiger partial charge in [0.1, 0.15) is 5.84 Å². The van der Waals surface area contributed by atoms with E-state index in [0.29, 0.717) is 22.5 Å². The number of benzene rings is 3. The van der Waals surface area contributed by atoms with E-state index in [1.807, 2.05) is 0 Å². The summed E-state index contributed by atoms with van der Waals surface area (Å²) in [5.41, 5.74) is 7.36. The van der Waals surface area contributed by atoms with Crippen LogP contribution in [0.25, 0.3) is 0 Å². The molecule has 3 aromatic rings. The number of aliphatic imine (C=N–C) groups is 1. The third kappa shape index (κ3) is 7.84. The highest BCUT2D eigenvalue weighted by molar-refractivity contribution is 7.89. The van der Waals surface area contributed by atoms with Gasteiger partial charge in [0.25, 0.3) is 0 Å². The highest BCUT2D eigenvalue weighted by Gasteiger charge is 2.15. The minimum Gasteiger partial charge on any atom is -0.451 e. The van der Waals surface area contributed by atoms with Gasteiger partial charge >= 0.3 is 12.1 Å². The van der Waals surface area contributed by atoms with Gasteiger partial charge in [0.15, 0.2) is 0 Å². The fourth-order valence-electron chi connectivity index (χ4n) is 3.03. The number of urea groups is 1. The van der Waals surface area contributed by atoms with E-state index in [9.17, 15) is 26.4 Å². The van der Waals surface area contributed by atoms with Crippen LogP contribution in [-0.4, -0.2) is 41.9 Å². The van der Waals surface area contributed by atoms with Crippen molar-refractivity contribution in [3.05, 3.63) is 83.9 Å². The van der Waals surface area contributed by atoms with Gasteiger partial charge in [-0.05, 0) is 54.1 Å². The van der Waals surface area contributed by atoms with Crippen molar-refractivity contribution in [3.63, 3.8) is 0 Å². The molecule has 0 aliphatic rings. The smallest absolute Gasteiger partial charge is 0.435 e. The number of rotatable bonds is 8. The van der Waals surface area contributed by atoms with Crippen LogP contribution in [0.5, 0.6) is 0 Å². The fourth-order valence-corrected chi connectivity index (χ4v) is 4.57. The molecule has 0 radical (unpaired) electrons. The van der Waals surface area contributed by atoms with E-state index in [-0.39, 0.29) is 22.2 Å². The molecular weight excluding hydrogens is 536 g/mol. The lowest BCUT2D eigenvalue weighted by atomic mass is 10.2. The summed E-state index contributed by atoms with van der Waals surface area (Å²) in [7, 11) is -6.57. The normalized spacial score (nSPS) is 12.0. The number of amidine groups is 1. The molecule has 3 rings (SSSR count). The number of sulfonamides is 2. The summed E-state index contributed by atoms with van der Waals surface area (Å²) in [6, 6.07) is 16.6. The summed E-state index contributed by atoms with van der Waals surface area (Å²) in [5.74, 6) is -0.0909. The first-order valence-electron chi connectivity index (χ1n) is 10.7. The fraction of sp³-hybridized carbons (Fsp3) is 0.0870. The molecule has 0 unspecified atom stereocenters. The van der Waals surface area contributed by atoms with Crippen LogP contribution in [0.1, 0.15) is 11.1 Å². The molecule has 3 amide bonds. The molecule has 15 heteroatoms. The van der Waals surface area contributed by atoms with Gasteiger partial charge in [0.05, 0.1) is 16.9 Å². The molecule has 3 aromatic carbocycles. The molecule has 0 aliphatic heterocycles. The summed E-state index contributed by atoms with van der Waals surface area (Å²) in [6.07, 6.45) is -0.863. The Morgan fingerprint density at radius 2 is 1.47 bits per heavy atom. The quantitative estimate of drug-likeness (QED) is 0.202. The van der Waals surface area contributed by atoms with E-state index in [0.717, 1.165) is 0 Å². The zero-order valence-electron chi connectivity index (χ0n) is 19.9. The SMILES string of the molecule is COC(=O)/N=C(\N)c1cccc(NC(=O)Nc2ccc(S(=O)(=O)NCc3ccc(S(N)(=O)=O)cc3)cc2)c1. The monoisotopic (exact) mass is 560 g/mol. The van der Waals surface area contributed by atoms with Gasteiger partial charge in [-0.25, -0.2) is 36.3 Å². The van der Waals surface area contributed by atoms with E-state index in [4.69, 9.17) is 10.9 Å². The molecule has 0 saturated heterocycles. The Hall–Kier alpha value is -4.31. The number of nitrogens with two attached hydrogens (primary N) is 2. The average Bonchev–Trinajstić information content (AvgIpc) is 2.87. The lowest BCUT2D eigenvalue weighted by Crippen LogP contribution is -2.23. The standard InChI is InChI=1S/C23H24N6O7S2/c1-36-23(31)29-21(24)16-3-2-4-18(13-16)28-22(30)27-17-7-11-20(12-8-17)38(34,35)26-14-15-5-9-19(10-6-15)37(25,32)33/h2-13,26H,14H2,1H3,(H2,24,29,31)(H2,25,32,33)(H2,27,28,30). The number of carbonyl (C=O) groups is 2. The molecule has 0 aromatic heterocycles. The van der Waals surface area contributed by atoms with E-state index >= 15 is 0 Å². The first kappa shape index (κ1) is 28.3. The van der Waals surface area contributed by atoms with Crippen molar-refractivity contribution < 1.29 is 31.2 Å². The maximum atomic E-state index is 12.6. The number of primary sulfonamides is 1. The van der Waals surface area contributed by atoms with Gasteiger partial charge in [0.2, 0.25) is 20.0 Å². The van der Waals surface area contributed by atoms with Crippen LogP contribution >= 0.6 is 0 Å². The van der Waals surface area contributed by atoms with Gasteiger partial charge in [0, 0.05) is 23.5 Å². The second kappa shape index (κ2) is 11.8. The topological polar surface area (TPSA) is 212 Å². The van der Waals surface area contributed by atoms with E-state index in [2.05, 4.69) is 25.1 Å². The summed E-state index contributed by atoms with van der Waals surface area (Å²) in [4.78, 5) is 27.1. The Morgan fingerprint density at radius 1 is 0.868 bits per heavy atom. The van der Waals surface area contributed by atoms with Gasteiger partial charge in [-0.1, -0.05) is 24.3 Å². The Kier molecular flexibility index (Phi) is 8.80. The summed E-state index contributed by atoms with van der Waals surface area (Å²) in [5, 5.41) is 10.2. The molecule has 200 valence electrons. The van der Waals surface area contributed by atoms with Crippen molar-refractivity contribution in [1.82, 2.24) is 4.72 Å². The third-order valence-corrected chi connectivity index (χ3v) is 7.29. The van der Waals surface area contributed by atoms with Crippen molar-refractivity contribution in [3.8, 4) is 0 Å². The molecule has 0 bridgehead atoms. The molecule has 0 heterocycles. The minimum atomic E-state index is -3.89. The number of hydrogen-bond donors (Lipinski definition) is 5. The predicted molar refractivity (Wildman–Crippen MR) is 140 cm³/mol. The Balaban J connectivity index is 1.60. The van der Waals surface area contributed by atoms with Crippen molar-refractivity contribution in [2.75, 3.05) is 17.7 Å². The second-order valence-electron chi connectivity index (χ2n) is 7.66. The van der Waals surface area contributed by atoms with E-state index in [1.165, 1.54) is 61.7 Å². The maximum absolute atomic E-state index is 12.6. The second-order valence-corrected chi connectivity index (χ2v) is 11.0. The van der Waals surface area contributed by atoms with Crippen molar-refractivity contribution in [1.29, 1.82) is 0 Å². The number of hydrogen-bond acceptors (Lipinski definition) is 7. The molecule has 0 saturated carbocycles. The van der Waals surface area contributed by atoms with Crippen molar-refractivity contribution in [2.24, 2.45) is 15.9 Å². The van der Waals surface area contributed by atoms with Crippen LogP contribution in [0.15, 0.2) is 87.6 Å². The van der Waals surface area contributed by atoms with Crippen LogP contribution in [0.3, 0.4) is 0 Å². The highest BCUT2D eigenvalue weighted by atomic mass is 32.2. The number of nitrogens with one attached hydrogen (secondary N) is 3. The lowest BCUT2D eigenvalue weighted by Gasteiger charge is -2.10. The molecule has 0 spiro atoms. The van der Waals surface area contributed by atoms with Crippen LogP contribution in [0, 0.1) is 0 Å². The van der Waals surface area contributed by atoms with Gasteiger partial charge in [-0.2, -0.15) is 4.99 Å². The molecule has 0 aliphatic carbocycles. The molecule has 38 heavy (non-hydrogen) atoms. The van der Waals surface area contributed by atoms with Crippen LogP contribution in [0.2, 0.25) is 0 Å². The third-order valence-electron chi connectivity index (χ3n) is 4.94. The number of nitrogens with zero attached hydrogens (tertiary/aromatic N) is 1.